The Balaban J connectivity index is 2.21. The van der Waals surface area contributed by atoms with Gasteiger partial charge in [-0.3, -0.25) is 0 Å². The van der Waals surface area contributed by atoms with Crippen LogP contribution in [0.2, 0.25) is 0 Å². The minimum Gasteiger partial charge on any atom is -0.491 e. The first-order chi connectivity index (χ1) is 7.88. The number of ether oxygens (including phenoxy) is 3. The Kier molecular flexibility index (Phi) is 6.56. The van der Waals surface area contributed by atoms with Crippen LogP contribution in [0.3, 0.4) is 0 Å². The normalized spacial score (nSPS) is 10.4. The standard InChI is InChI=1S/C12H18O4/c1-14-6-7-15-8-9-16-12-5-3-2-4-11(12)10-13/h2-5,13H,6-10H2,1H3. The van der Waals surface area contributed by atoms with Gasteiger partial charge in [0.2, 0.25) is 0 Å². The summed E-state index contributed by atoms with van der Waals surface area (Å²) in [5.74, 6) is 0.709. The zero-order valence-corrected chi connectivity index (χ0v) is 9.52. The molecule has 0 saturated heterocycles. The second-order valence-electron chi connectivity index (χ2n) is 3.22. The van der Waals surface area contributed by atoms with Gasteiger partial charge in [0.1, 0.15) is 12.4 Å². The van der Waals surface area contributed by atoms with Gasteiger partial charge in [0.05, 0.1) is 26.4 Å². The molecule has 1 aromatic rings. The first-order valence-corrected chi connectivity index (χ1v) is 5.26. The second kappa shape index (κ2) is 8.10. The maximum Gasteiger partial charge on any atom is 0.124 e. The van der Waals surface area contributed by atoms with Crippen LogP contribution in [0.15, 0.2) is 24.3 Å². The van der Waals surface area contributed by atoms with Crippen LogP contribution in [0, 0.1) is 0 Å². The molecule has 0 aliphatic rings. The molecule has 0 aromatic heterocycles. The lowest BCUT2D eigenvalue weighted by atomic mass is 10.2. The molecule has 0 saturated carbocycles. The Bertz CT molecular complexity index is 288. The number of aliphatic hydroxyl groups excluding tert-OH is 1. The van der Waals surface area contributed by atoms with Crippen molar-refractivity contribution in [1.29, 1.82) is 0 Å². The summed E-state index contributed by atoms with van der Waals surface area (Å²) in [5.41, 5.74) is 0.791. The smallest absolute Gasteiger partial charge is 0.124 e. The highest BCUT2D eigenvalue weighted by Gasteiger charge is 2.00. The van der Waals surface area contributed by atoms with E-state index in [4.69, 9.17) is 19.3 Å². The summed E-state index contributed by atoms with van der Waals surface area (Å²) in [5, 5.41) is 9.06. The molecule has 0 heterocycles. The summed E-state index contributed by atoms with van der Waals surface area (Å²) in [6, 6.07) is 7.41. The highest BCUT2D eigenvalue weighted by atomic mass is 16.5. The van der Waals surface area contributed by atoms with Crippen LogP contribution in [0.5, 0.6) is 5.75 Å². The predicted molar refractivity (Wildman–Crippen MR) is 60.6 cm³/mol. The van der Waals surface area contributed by atoms with Crippen molar-refractivity contribution in [2.24, 2.45) is 0 Å². The molecular formula is C12H18O4. The quantitative estimate of drug-likeness (QED) is 0.677. The molecule has 1 aromatic carbocycles. The molecule has 0 aliphatic heterocycles. The molecule has 0 unspecified atom stereocenters. The van der Waals surface area contributed by atoms with E-state index < -0.39 is 0 Å². The SMILES string of the molecule is COCCOCCOc1ccccc1CO. The third-order valence-electron chi connectivity index (χ3n) is 2.06. The van der Waals surface area contributed by atoms with E-state index in [1.54, 1.807) is 7.11 Å². The third-order valence-corrected chi connectivity index (χ3v) is 2.06. The Hall–Kier alpha value is -1.10. The Morgan fingerprint density at radius 2 is 1.81 bits per heavy atom. The van der Waals surface area contributed by atoms with Crippen LogP contribution in [0.4, 0.5) is 0 Å². The number of rotatable bonds is 8. The van der Waals surface area contributed by atoms with E-state index in [-0.39, 0.29) is 6.61 Å². The first-order valence-electron chi connectivity index (χ1n) is 5.26. The molecule has 0 amide bonds. The van der Waals surface area contributed by atoms with Crippen LogP contribution >= 0.6 is 0 Å². The fourth-order valence-electron chi connectivity index (χ4n) is 1.23. The van der Waals surface area contributed by atoms with Crippen LogP contribution in [0.25, 0.3) is 0 Å². The van der Waals surface area contributed by atoms with Gasteiger partial charge in [-0.05, 0) is 6.07 Å². The Morgan fingerprint density at radius 3 is 2.56 bits per heavy atom. The molecule has 4 heteroatoms. The van der Waals surface area contributed by atoms with Crippen LogP contribution in [0.1, 0.15) is 5.56 Å². The lowest BCUT2D eigenvalue weighted by Crippen LogP contribution is -2.10. The minimum absolute atomic E-state index is 0.0132. The molecule has 0 bridgehead atoms. The van der Waals surface area contributed by atoms with Crippen LogP contribution < -0.4 is 4.74 Å². The van der Waals surface area contributed by atoms with Crippen molar-refractivity contribution >= 4 is 0 Å². The summed E-state index contributed by atoms with van der Waals surface area (Å²) in [6.07, 6.45) is 0. The fourth-order valence-corrected chi connectivity index (χ4v) is 1.23. The summed E-state index contributed by atoms with van der Waals surface area (Å²) in [6.45, 7) is 2.14. The van der Waals surface area contributed by atoms with Gasteiger partial charge < -0.3 is 19.3 Å². The van der Waals surface area contributed by atoms with Gasteiger partial charge in [0, 0.05) is 12.7 Å². The molecule has 4 nitrogen and oxygen atoms in total. The summed E-state index contributed by atoms with van der Waals surface area (Å²) >= 11 is 0. The van der Waals surface area contributed by atoms with Gasteiger partial charge in [-0.2, -0.15) is 0 Å². The molecule has 0 fully saturated rings. The molecule has 0 radical (unpaired) electrons. The van der Waals surface area contributed by atoms with Crippen molar-refractivity contribution in [2.75, 3.05) is 33.5 Å². The van der Waals surface area contributed by atoms with Crippen molar-refractivity contribution in [3.8, 4) is 5.75 Å². The van der Waals surface area contributed by atoms with Gasteiger partial charge in [-0.1, -0.05) is 18.2 Å². The third kappa shape index (κ3) is 4.61. The number of benzene rings is 1. The minimum atomic E-state index is -0.0132. The predicted octanol–water partition coefficient (Wildman–Crippen LogP) is 1.22. The van der Waals surface area contributed by atoms with Crippen LogP contribution in [-0.2, 0) is 16.1 Å². The second-order valence-corrected chi connectivity index (χ2v) is 3.22. The Labute approximate surface area is 95.8 Å². The lowest BCUT2D eigenvalue weighted by molar-refractivity contribution is 0.0540. The van der Waals surface area contributed by atoms with Crippen molar-refractivity contribution in [3.05, 3.63) is 29.8 Å². The van der Waals surface area contributed by atoms with E-state index in [9.17, 15) is 0 Å². The lowest BCUT2D eigenvalue weighted by Gasteiger charge is -2.09. The molecule has 16 heavy (non-hydrogen) atoms. The molecule has 0 aliphatic carbocycles. The van der Waals surface area contributed by atoms with Crippen molar-refractivity contribution in [1.82, 2.24) is 0 Å². The maximum atomic E-state index is 9.06. The number of methoxy groups -OCH3 is 1. The molecule has 1 N–H and O–H groups in total. The van der Waals surface area contributed by atoms with E-state index in [1.807, 2.05) is 24.3 Å². The summed E-state index contributed by atoms with van der Waals surface area (Å²) in [7, 11) is 1.64. The summed E-state index contributed by atoms with van der Waals surface area (Å²) in [4.78, 5) is 0. The van der Waals surface area contributed by atoms with Gasteiger partial charge >= 0.3 is 0 Å². The average molecular weight is 226 g/mol. The largest absolute Gasteiger partial charge is 0.491 e. The van der Waals surface area contributed by atoms with E-state index in [0.717, 1.165) is 5.56 Å². The molecule has 90 valence electrons. The van der Waals surface area contributed by atoms with Crippen LogP contribution in [-0.4, -0.2) is 38.6 Å². The topological polar surface area (TPSA) is 47.9 Å². The number of hydrogen-bond acceptors (Lipinski definition) is 4. The van der Waals surface area contributed by atoms with Crippen molar-refractivity contribution in [2.45, 2.75) is 6.61 Å². The van der Waals surface area contributed by atoms with E-state index >= 15 is 0 Å². The monoisotopic (exact) mass is 226 g/mol. The Morgan fingerprint density at radius 1 is 1.06 bits per heavy atom. The molecule has 1 rings (SSSR count). The number of aliphatic hydroxyl groups is 1. The number of hydrogen-bond donors (Lipinski definition) is 1. The van der Waals surface area contributed by atoms with E-state index in [1.165, 1.54) is 0 Å². The van der Waals surface area contributed by atoms with Gasteiger partial charge in [-0.25, -0.2) is 0 Å². The zero-order chi connectivity index (χ0) is 11.6. The fraction of sp³-hybridized carbons (Fsp3) is 0.500. The maximum absolute atomic E-state index is 9.06. The van der Waals surface area contributed by atoms with Gasteiger partial charge in [-0.15, -0.1) is 0 Å². The molecule has 0 spiro atoms. The van der Waals surface area contributed by atoms with Crippen molar-refractivity contribution in [3.63, 3.8) is 0 Å². The van der Waals surface area contributed by atoms with Gasteiger partial charge in [0.25, 0.3) is 0 Å². The molecular weight excluding hydrogens is 208 g/mol. The zero-order valence-electron chi connectivity index (χ0n) is 9.52. The summed E-state index contributed by atoms with van der Waals surface area (Å²) < 4.78 is 15.6. The highest BCUT2D eigenvalue weighted by Crippen LogP contribution is 2.17. The van der Waals surface area contributed by atoms with E-state index in [2.05, 4.69) is 0 Å². The number of para-hydroxylation sites is 1. The highest BCUT2D eigenvalue weighted by molar-refractivity contribution is 5.32. The average Bonchev–Trinajstić information content (AvgIpc) is 2.34. The molecule has 0 atom stereocenters. The van der Waals surface area contributed by atoms with Gasteiger partial charge in [0.15, 0.2) is 0 Å². The van der Waals surface area contributed by atoms with E-state index in [0.29, 0.717) is 32.2 Å². The van der Waals surface area contributed by atoms with Crippen molar-refractivity contribution < 1.29 is 19.3 Å². The first kappa shape index (κ1) is 13.0.